The smallest absolute Gasteiger partial charge is 0.191 e. The number of hydrogen-bond donors (Lipinski definition) is 2. The van der Waals surface area contributed by atoms with E-state index in [0.29, 0.717) is 5.92 Å². The van der Waals surface area contributed by atoms with Crippen molar-refractivity contribution in [1.29, 1.82) is 0 Å². The number of rotatable bonds is 7. The van der Waals surface area contributed by atoms with Gasteiger partial charge < -0.3 is 15.4 Å². The van der Waals surface area contributed by atoms with Gasteiger partial charge in [0.2, 0.25) is 0 Å². The molecule has 1 saturated heterocycles. The van der Waals surface area contributed by atoms with E-state index in [1.807, 2.05) is 18.4 Å². The van der Waals surface area contributed by atoms with Gasteiger partial charge in [-0.1, -0.05) is 13.0 Å². The molecule has 0 amide bonds. The molecule has 1 aliphatic heterocycles. The molecule has 0 aromatic carbocycles. The van der Waals surface area contributed by atoms with E-state index in [9.17, 15) is 0 Å². The van der Waals surface area contributed by atoms with Crippen molar-refractivity contribution in [2.24, 2.45) is 10.9 Å². The van der Waals surface area contributed by atoms with Crippen LogP contribution in [0.2, 0.25) is 0 Å². The van der Waals surface area contributed by atoms with Gasteiger partial charge in [0.25, 0.3) is 0 Å². The number of morpholine rings is 1. The highest BCUT2D eigenvalue weighted by atomic mass is 127. The van der Waals surface area contributed by atoms with Crippen LogP contribution in [0, 0.1) is 5.92 Å². The zero-order valence-electron chi connectivity index (χ0n) is 15.9. The van der Waals surface area contributed by atoms with Crippen LogP contribution in [0.3, 0.4) is 0 Å². The van der Waals surface area contributed by atoms with E-state index in [-0.39, 0.29) is 29.5 Å². The standard InChI is InChI=1S/C18H32N4OS.HI/c1-15(12-16-6-5-11-24-16)13-20-17(19-4)21-14-18(2,3)22-7-9-23-10-8-22;/h5-6,11,15H,7-10,12-14H2,1-4H3,(H2,19,20,21);1H. The number of nitrogens with zero attached hydrogens (tertiary/aromatic N) is 2. The van der Waals surface area contributed by atoms with Crippen LogP contribution in [0.5, 0.6) is 0 Å². The fraction of sp³-hybridized carbons (Fsp3) is 0.722. The summed E-state index contributed by atoms with van der Waals surface area (Å²) in [4.78, 5) is 8.29. The van der Waals surface area contributed by atoms with Crippen LogP contribution in [0.25, 0.3) is 0 Å². The number of ether oxygens (including phenoxy) is 1. The fourth-order valence-corrected chi connectivity index (χ4v) is 3.79. The average Bonchev–Trinajstić information content (AvgIpc) is 3.08. The number of thiophene rings is 1. The van der Waals surface area contributed by atoms with Crippen LogP contribution in [0.1, 0.15) is 25.6 Å². The zero-order valence-corrected chi connectivity index (χ0v) is 19.0. The Morgan fingerprint density at radius 2 is 2.08 bits per heavy atom. The minimum absolute atomic E-state index is 0. The third-order valence-corrected chi connectivity index (χ3v) is 5.43. The normalized spacial score (nSPS) is 17.7. The molecular weight excluding hydrogens is 447 g/mol. The van der Waals surface area contributed by atoms with E-state index in [4.69, 9.17) is 4.74 Å². The van der Waals surface area contributed by atoms with Crippen molar-refractivity contribution in [3.63, 3.8) is 0 Å². The molecule has 1 aromatic heterocycles. The van der Waals surface area contributed by atoms with Gasteiger partial charge in [0.05, 0.1) is 13.2 Å². The highest BCUT2D eigenvalue weighted by Gasteiger charge is 2.28. The molecule has 7 heteroatoms. The molecule has 0 saturated carbocycles. The maximum Gasteiger partial charge on any atom is 0.191 e. The molecule has 1 aromatic rings. The quantitative estimate of drug-likeness (QED) is 0.358. The highest BCUT2D eigenvalue weighted by Crippen LogP contribution is 2.15. The van der Waals surface area contributed by atoms with Gasteiger partial charge in [-0.05, 0) is 37.6 Å². The topological polar surface area (TPSA) is 48.9 Å². The lowest BCUT2D eigenvalue weighted by atomic mass is 10.0. The summed E-state index contributed by atoms with van der Waals surface area (Å²) in [6.07, 6.45) is 1.11. The number of aliphatic imine (C=N–C) groups is 1. The molecule has 0 spiro atoms. The van der Waals surface area contributed by atoms with E-state index in [0.717, 1.165) is 51.8 Å². The van der Waals surface area contributed by atoms with Crippen LogP contribution in [0.15, 0.2) is 22.5 Å². The average molecular weight is 480 g/mol. The van der Waals surface area contributed by atoms with Crippen LogP contribution < -0.4 is 10.6 Å². The van der Waals surface area contributed by atoms with Crippen molar-refractivity contribution in [3.8, 4) is 0 Å². The molecule has 1 atom stereocenters. The molecule has 0 aliphatic carbocycles. The van der Waals surface area contributed by atoms with Gasteiger partial charge in [0.1, 0.15) is 0 Å². The van der Waals surface area contributed by atoms with Crippen molar-refractivity contribution in [2.45, 2.75) is 32.7 Å². The first-order valence-electron chi connectivity index (χ1n) is 8.81. The van der Waals surface area contributed by atoms with Crippen molar-refractivity contribution >= 4 is 41.3 Å². The van der Waals surface area contributed by atoms with Crippen LogP contribution in [-0.4, -0.2) is 62.8 Å². The molecule has 1 aliphatic rings. The number of halogens is 1. The number of hydrogen-bond acceptors (Lipinski definition) is 4. The van der Waals surface area contributed by atoms with Crippen LogP contribution in [0.4, 0.5) is 0 Å². The van der Waals surface area contributed by atoms with E-state index < -0.39 is 0 Å². The molecule has 2 N–H and O–H groups in total. The summed E-state index contributed by atoms with van der Waals surface area (Å²) >= 11 is 1.83. The summed E-state index contributed by atoms with van der Waals surface area (Å²) in [6, 6.07) is 4.33. The Balaban J connectivity index is 0.00000312. The predicted molar refractivity (Wildman–Crippen MR) is 118 cm³/mol. The molecule has 25 heavy (non-hydrogen) atoms. The minimum Gasteiger partial charge on any atom is -0.379 e. The third-order valence-electron chi connectivity index (χ3n) is 4.53. The van der Waals surface area contributed by atoms with E-state index in [1.165, 1.54) is 4.88 Å². The molecule has 1 unspecified atom stereocenters. The maximum atomic E-state index is 5.45. The zero-order chi connectivity index (χ0) is 17.4. The second kappa shape index (κ2) is 11.4. The first-order chi connectivity index (χ1) is 11.5. The summed E-state index contributed by atoms with van der Waals surface area (Å²) in [5.41, 5.74) is 0.0873. The number of nitrogens with one attached hydrogen (secondary N) is 2. The van der Waals surface area contributed by atoms with Gasteiger partial charge in [-0.25, -0.2) is 0 Å². The molecule has 2 rings (SSSR count). The van der Waals surface area contributed by atoms with E-state index >= 15 is 0 Å². The summed E-state index contributed by atoms with van der Waals surface area (Å²) in [7, 11) is 1.83. The Kier molecular flexibility index (Phi) is 10.3. The molecule has 1 fully saturated rings. The van der Waals surface area contributed by atoms with Gasteiger partial charge in [-0.15, -0.1) is 35.3 Å². The van der Waals surface area contributed by atoms with Crippen LogP contribution in [-0.2, 0) is 11.2 Å². The molecule has 0 radical (unpaired) electrons. The SMILES string of the molecule is CN=C(NCC(C)Cc1cccs1)NCC(C)(C)N1CCOCC1.I. The van der Waals surface area contributed by atoms with Crippen molar-refractivity contribution < 1.29 is 4.74 Å². The summed E-state index contributed by atoms with van der Waals surface area (Å²) in [5, 5.41) is 9.08. The molecule has 5 nitrogen and oxygen atoms in total. The molecule has 2 heterocycles. The lowest BCUT2D eigenvalue weighted by Crippen LogP contribution is -2.56. The van der Waals surface area contributed by atoms with E-state index in [1.54, 1.807) is 0 Å². The molecular formula is C18H33IN4OS. The van der Waals surface area contributed by atoms with Gasteiger partial charge in [0.15, 0.2) is 5.96 Å². The van der Waals surface area contributed by atoms with Gasteiger partial charge in [-0.3, -0.25) is 9.89 Å². The van der Waals surface area contributed by atoms with Crippen molar-refractivity contribution in [3.05, 3.63) is 22.4 Å². The summed E-state index contributed by atoms with van der Waals surface area (Å²) in [6.45, 7) is 12.3. The van der Waals surface area contributed by atoms with Gasteiger partial charge in [0, 0.05) is 43.6 Å². The lowest BCUT2D eigenvalue weighted by molar-refractivity contribution is -0.00834. The van der Waals surface area contributed by atoms with Gasteiger partial charge in [-0.2, -0.15) is 0 Å². The Bertz CT molecular complexity index is 501. The Morgan fingerprint density at radius 1 is 1.36 bits per heavy atom. The summed E-state index contributed by atoms with van der Waals surface area (Å²) in [5.74, 6) is 1.46. The Labute approximate surface area is 173 Å². The fourth-order valence-electron chi connectivity index (χ4n) is 2.92. The maximum absolute atomic E-state index is 5.45. The Morgan fingerprint density at radius 3 is 2.68 bits per heavy atom. The predicted octanol–water partition coefficient (Wildman–Crippen LogP) is 2.82. The van der Waals surface area contributed by atoms with Crippen LogP contribution >= 0.6 is 35.3 Å². The molecule has 0 bridgehead atoms. The number of guanidine groups is 1. The van der Waals surface area contributed by atoms with Crippen molar-refractivity contribution in [1.82, 2.24) is 15.5 Å². The second-order valence-corrected chi connectivity index (χ2v) is 8.14. The third kappa shape index (κ3) is 7.80. The largest absolute Gasteiger partial charge is 0.379 e. The van der Waals surface area contributed by atoms with E-state index in [2.05, 4.69) is 58.8 Å². The van der Waals surface area contributed by atoms with Gasteiger partial charge >= 0.3 is 0 Å². The second-order valence-electron chi connectivity index (χ2n) is 7.11. The first kappa shape index (κ1) is 22.7. The minimum atomic E-state index is 0. The lowest BCUT2D eigenvalue weighted by Gasteiger charge is -2.41. The first-order valence-corrected chi connectivity index (χ1v) is 9.69. The summed E-state index contributed by atoms with van der Waals surface area (Å²) < 4.78 is 5.45. The highest BCUT2D eigenvalue weighted by molar-refractivity contribution is 14.0. The van der Waals surface area contributed by atoms with Crippen molar-refractivity contribution in [2.75, 3.05) is 46.4 Å². The monoisotopic (exact) mass is 480 g/mol. The molecule has 144 valence electrons. The Hall–Kier alpha value is -0.380.